The van der Waals surface area contributed by atoms with Crippen LogP contribution in [0.2, 0.25) is 0 Å². The first kappa shape index (κ1) is 11.8. The fourth-order valence-corrected chi connectivity index (χ4v) is 1.20. The van der Waals surface area contributed by atoms with Gasteiger partial charge in [0.15, 0.2) is 0 Å². The van der Waals surface area contributed by atoms with Crippen LogP contribution in [0.1, 0.15) is 29.3 Å². The Balaban J connectivity index is 2.74. The molecule has 0 saturated heterocycles. The van der Waals surface area contributed by atoms with Crippen molar-refractivity contribution in [3.63, 3.8) is 0 Å². The predicted octanol–water partition coefficient (Wildman–Crippen LogP) is 1.70. The lowest BCUT2D eigenvalue weighted by Crippen LogP contribution is -2.33. The standard InChI is InChI=1S/C13H12N2O/c1-3-12(4-2)15-13(16)11-7-5-10(9-14)6-8-11/h1,5-8,12H,4H2,2H3,(H,15,16). The van der Waals surface area contributed by atoms with E-state index in [1.54, 1.807) is 24.3 Å². The second-order valence-electron chi connectivity index (χ2n) is 3.29. The maximum atomic E-state index is 11.7. The minimum absolute atomic E-state index is 0.214. The normalized spacial score (nSPS) is 10.9. The molecule has 0 spiro atoms. The molecular formula is C13H12N2O. The van der Waals surface area contributed by atoms with E-state index in [0.717, 1.165) is 0 Å². The van der Waals surface area contributed by atoms with Crippen molar-refractivity contribution >= 4 is 5.91 Å². The topological polar surface area (TPSA) is 52.9 Å². The average molecular weight is 212 g/mol. The summed E-state index contributed by atoms with van der Waals surface area (Å²) in [4.78, 5) is 11.7. The van der Waals surface area contributed by atoms with Gasteiger partial charge in [-0.2, -0.15) is 5.26 Å². The number of nitriles is 1. The molecule has 1 unspecified atom stereocenters. The van der Waals surface area contributed by atoms with E-state index in [2.05, 4.69) is 11.2 Å². The Bertz CT molecular complexity index is 448. The van der Waals surface area contributed by atoms with Gasteiger partial charge in [0.05, 0.1) is 17.7 Å². The van der Waals surface area contributed by atoms with Gasteiger partial charge < -0.3 is 5.32 Å². The van der Waals surface area contributed by atoms with Gasteiger partial charge in [0.1, 0.15) is 0 Å². The second kappa shape index (κ2) is 5.58. The molecule has 1 aromatic carbocycles. The van der Waals surface area contributed by atoms with Crippen molar-refractivity contribution in [2.24, 2.45) is 0 Å². The second-order valence-corrected chi connectivity index (χ2v) is 3.29. The van der Waals surface area contributed by atoms with Crippen molar-refractivity contribution in [1.29, 1.82) is 5.26 Å². The molecule has 1 amide bonds. The molecule has 80 valence electrons. The van der Waals surface area contributed by atoms with Gasteiger partial charge >= 0.3 is 0 Å². The van der Waals surface area contributed by atoms with Crippen molar-refractivity contribution in [2.75, 3.05) is 0 Å². The van der Waals surface area contributed by atoms with Gasteiger partial charge in [0.25, 0.3) is 5.91 Å². The molecule has 0 aromatic heterocycles. The zero-order valence-corrected chi connectivity index (χ0v) is 9.03. The number of carbonyl (C=O) groups excluding carboxylic acids is 1. The molecule has 0 saturated carbocycles. The van der Waals surface area contributed by atoms with Crippen LogP contribution in [0.5, 0.6) is 0 Å². The quantitative estimate of drug-likeness (QED) is 0.775. The van der Waals surface area contributed by atoms with E-state index in [0.29, 0.717) is 17.5 Å². The number of nitrogens with zero attached hydrogens (tertiary/aromatic N) is 1. The molecule has 0 aliphatic rings. The first-order valence-electron chi connectivity index (χ1n) is 4.98. The van der Waals surface area contributed by atoms with Gasteiger partial charge in [0, 0.05) is 5.56 Å². The Labute approximate surface area is 95.1 Å². The predicted molar refractivity (Wildman–Crippen MR) is 61.5 cm³/mol. The summed E-state index contributed by atoms with van der Waals surface area (Å²) in [7, 11) is 0. The maximum Gasteiger partial charge on any atom is 0.252 e. The van der Waals surface area contributed by atoms with Crippen LogP contribution in [-0.2, 0) is 0 Å². The smallest absolute Gasteiger partial charge is 0.252 e. The number of hydrogen-bond acceptors (Lipinski definition) is 2. The van der Waals surface area contributed by atoms with Crippen molar-refractivity contribution in [3.05, 3.63) is 35.4 Å². The molecule has 1 aromatic rings. The molecule has 0 bridgehead atoms. The first-order chi connectivity index (χ1) is 7.71. The van der Waals surface area contributed by atoms with E-state index in [1.165, 1.54) is 0 Å². The number of rotatable bonds is 3. The van der Waals surface area contributed by atoms with Crippen LogP contribution in [0, 0.1) is 23.7 Å². The minimum Gasteiger partial charge on any atom is -0.338 e. The molecule has 3 heteroatoms. The largest absolute Gasteiger partial charge is 0.338 e. The summed E-state index contributed by atoms with van der Waals surface area (Å²) >= 11 is 0. The zero-order chi connectivity index (χ0) is 12.0. The zero-order valence-electron chi connectivity index (χ0n) is 9.03. The van der Waals surface area contributed by atoms with E-state index >= 15 is 0 Å². The van der Waals surface area contributed by atoms with Crippen LogP contribution in [0.3, 0.4) is 0 Å². The third kappa shape index (κ3) is 2.87. The van der Waals surface area contributed by atoms with Gasteiger partial charge in [-0.1, -0.05) is 12.8 Å². The lowest BCUT2D eigenvalue weighted by molar-refractivity contribution is 0.0945. The average Bonchev–Trinajstić information content (AvgIpc) is 2.35. The molecule has 16 heavy (non-hydrogen) atoms. The van der Waals surface area contributed by atoms with E-state index in [4.69, 9.17) is 11.7 Å². The van der Waals surface area contributed by atoms with Gasteiger partial charge in [-0.25, -0.2) is 0 Å². The Morgan fingerprint density at radius 1 is 1.50 bits per heavy atom. The molecule has 0 fully saturated rings. The summed E-state index contributed by atoms with van der Waals surface area (Å²) in [5.41, 5.74) is 1.04. The molecule has 0 aliphatic heterocycles. The molecule has 0 heterocycles. The highest BCUT2D eigenvalue weighted by atomic mass is 16.1. The first-order valence-corrected chi connectivity index (χ1v) is 4.98. The summed E-state index contributed by atoms with van der Waals surface area (Å²) in [5.74, 6) is 2.28. The fourth-order valence-electron chi connectivity index (χ4n) is 1.20. The van der Waals surface area contributed by atoms with Gasteiger partial charge in [-0.05, 0) is 30.7 Å². The van der Waals surface area contributed by atoms with Crippen molar-refractivity contribution < 1.29 is 4.79 Å². The van der Waals surface area contributed by atoms with Crippen molar-refractivity contribution in [2.45, 2.75) is 19.4 Å². The Morgan fingerprint density at radius 3 is 2.56 bits per heavy atom. The highest BCUT2D eigenvalue weighted by molar-refractivity contribution is 5.94. The number of carbonyl (C=O) groups is 1. The van der Waals surface area contributed by atoms with E-state index < -0.39 is 0 Å². The van der Waals surface area contributed by atoms with Gasteiger partial charge in [0.2, 0.25) is 0 Å². The highest BCUT2D eigenvalue weighted by Crippen LogP contribution is 2.03. The SMILES string of the molecule is C#CC(CC)NC(=O)c1ccc(C#N)cc1. The number of nitrogens with one attached hydrogen (secondary N) is 1. The van der Waals surface area contributed by atoms with Crippen LogP contribution in [0.15, 0.2) is 24.3 Å². The van der Waals surface area contributed by atoms with Gasteiger partial charge in [-0.3, -0.25) is 4.79 Å². The summed E-state index contributed by atoms with van der Waals surface area (Å²) in [6.45, 7) is 1.91. The van der Waals surface area contributed by atoms with Crippen LogP contribution >= 0.6 is 0 Å². The molecule has 0 aliphatic carbocycles. The molecule has 1 N–H and O–H groups in total. The molecular weight excluding hydrogens is 200 g/mol. The van der Waals surface area contributed by atoms with E-state index in [-0.39, 0.29) is 11.9 Å². The number of amides is 1. The number of terminal acetylenes is 1. The lowest BCUT2D eigenvalue weighted by Gasteiger charge is -2.10. The van der Waals surface area contributed by atoms with Crippen LogP contribution in [-0.4, -0.2) is 11.9 Å². The number of benzene rings is 1. The molecule has 0 radical (unpaired) electrons. The summed E-state index contributed by atoms with van der Waals surface area (Å²) < 4.78 is 0. The Hall–Kier alpha value is -2.26. The third-order valence-corrected chi connectivity index (χ3v) is 2.19. The molecule has 1 rings (SSSR count). The maximum absolute atomic E-state index is 11.7. The lowest BCUT2D eigenvalue weighted by atomic mass is 10.1. The monoisotopic (exact) mass is 212 g/mol. The minimum atomic E-state index is -0.247. The Morgan fingerprint density at radius 2 is 2.12 bits per heavy atom. The molecule has 3 nitrogen and oxygen atoms in total. The summed E-state index contributed by atoms with van der Waals surface area (Å²) in [6.07, 6.45) is 5.94. The van der Waals surface area contributed by atoms with Crippen molar-refractivity contribution in [3.8, 4) is 18.4 Å². The van der Waals surface area contributed by atoms with Crippen LogP contribution in [0.4, 0.5) is 0 Å². The van der Waals surface area contributed by atoms with E-state index in [9.17, 15) is 4.79 Å². The number of hydrogen-bond donors (Lipinski definition) is 1. The van der Waals surface area contributed by atoms with Gasteiger partial charge in [-0.15, -0.1) is 6.42 Å². The van der Waals surface area contributed by atoms with E-state index in [1.807, 2.05) is 13.0 Å². The van der Waals surface area contributed by atoms with Crippen molar-refractivity contribution in [1.82, 2.24) is 5.32 Å². The Kier molecular flexibility index (Phi) is 4.12. The third-order valence-electron chi connectivity index (χ3n) is 2.19. The molecule has 1 atom stereocenters. The summed E-state index contributed by atoms with van der Waals surface area (Å²) in [6, 6.07) is 8.17. The summed E-state index contributed by atoms with van der Waals surface area (Å²) in [5, 5.41) is 11.3. The fraction of sp³-hybridized carbons (Fsp3) is 0.231. The van der Waals surface area contributed by atoms with Crippen LogP contribution < -0.4 is 5.32 Å². The highest BCUT2D eigenvalue weighted by Gasteiger charge is 2.09. The van der Waals surface area contributed by atoms with Crippen LogP contribution in [0.25, 0.3) is 0 Å².